The van der Waals surface area contributed by atoms with Crippen LogP contribution in [0.4, 0.5) is 4.79 Å². The number of nitrogens with one attached hydrogen (secondary N) is 3. The second kappa shape index (κ2) is 14.5. The van der Waals surface area contributed by atoms with Gasteiger partial charge < -0.3 is 25.4 Å². The van der Waals surface area contributed by atoms with Crippen LogP contribution in [0.15, 0.2) is 29.3 Å². The Morgan fingerprint density at radius 2 is 1.75 bits per heavy atom. The first kappa shape index (κ1) is 28.4. The van der Waals surface area contributed by atoms with Crippen molar-refractivity contribution in [1.82, 2.24) is 20.9 Å². The molecular formula is C23H40IN5O3. The summed E-state index contributed by atoms with van der Waals surface area (Å²) < 4.78 is 10.8. The van der Waals surface area contributed by atoms with Gasteiger partial charge in [0.05, 0.1) is 25.8 Å². The minimum absolute atomic E-state index is 0. The predicted octanol–water partition coefficient (Wildman–Crippen LogP) is 3.07. The molecule has 32 heavy (non-hydrogen) atoms. The number of aliphatic imine (C=N–C) groups is 1. The molecule has 1 atom stereocenters. The Hall–Kier alpha value is -1.59. The number of guanidine groups is 1. The van der Waals surface area contributed by atoms with Crippen LogP contribution in [-0.2, 0) is 9.47 Å². The summed E-state index contributed by atoms with van der Waals surface area (Å²) in [6, 6.07) is 8.88. The summed E-state index contributed by atoms with van der Waals surface area (Å²) in [5.41, 5.74) is 2.01. The number of rotatable bonds is 8. The SMILES string of the molecule is CCNC(=NCC(c1ccc(C)cc1)N1CCOCC1)NCCNC(=O)OC(C)(C)C.I. The monoisotopic (exact) mass is 561 g/mol. The van der Waals surface area contributed by atoms with Gasteiger partial charge in [0.25, 0.3) is 0 Å². The van der Waals surface area contributed by atoms with E-state index in [1.807, 2.05) is 27.7 Å². The maximum atomic E-state index is 11.8. The molecule has 1 aliphatic rings. The van der Waals surface area contributed by atoms with Crippen molar-refractivity contribution in [2.24, 2.45) is 4.99 Å². The lowest BCUT2D eigenvalue weighted by Gasteiger charge is -2.34. The number of hydrogen-bond donors (Lipinski definition) is 3. The van der Waals surface area contributed by atoms with Gasteiger partial charge >= 0.3 is 6.09 Å². The van der Waals surface area contributed by atoms with Crippen LogP contribution in [0.3, 0.4) is 0 Å². The molecule has 1 heterocycles. The maximum Gasteiger partial charge on any atom is 0.407 e. The van der Waals surface area contributed by atoms with Crippen molar-refractivity contribution in [1.29, 1.82) is 0 Å². The quantitative estimate of drug-likeness (QED) is 0.196. The Balaban J connectivity index is 0.00000512. The number of carbonyl (C=O) groups is 1. The lowest BCUT2D eigenvalue weighted by atomic mass is 10.0. The molecule has 1 aliphatic heterocycles. The summed E-state index contributed by atoms with van der Waals surface area (Å²) in [7, 11) is 0. The van der Waals surface area contributed by atoms with E-state index in [2.05, 4.69) is 52.0 Å². The van der Waals surface area contributed by atoms with Crippen molar-refractivity contribution >= 4 is 36.0 Å². The minimum atomic E-state index is -0.502. The molecule has 0 bridgehead atoms. The van der Waals surface area contributed by atoms with Crippen molar-refractivity contribution in [3.05, 3.63) is 35.4 Å². The van der Waals surface area contributed by atoms with Crippen LogP contribution in [0.2, 0.25) is 0 Å². The molecule has 0 radical (unpaired) electrons. The third-order valence-corrected chi connectivity index (χ3v) is 4.80. The zero-order valence-corrected chi connectivity index (χ0v) is 22.4. The maximum absolute atomic E-state index is 11.8. The van der Waals surface area contributed by atoms with Gasteiger partial charge in [-0.15, -0.1) is 24.0 Å². The molecule has 0 aromatic heterocycles. The molecule has 3 N–H and O–H groups in total. The van der Waals surface area contributed by atoms with Crippen LogP contribution in [0.5, 0.6) is 0 Å². The fourth-order valence-corrected chi connectivity index (χ4v) is 3.29. The molecule has 1 aromatic carbocycles. The number of benzene rings is 1. The van der Waals surface area contributed by atoms with Crippen LogP contribution in [0.1, 0.15) is 44.9 Å². The first-order valence-corrected chi connectivity index (χ1v) is 11.2. The van der Waals surface area contributed by atoms with E-state index in [1.54, 1.807) is 0 Å². The highest BCUT2D eigenvalue weighted by Gasteiger charge is 2.22. The summed E-state index contributed by atoms with van der Waals surface area (Å²) in [6.45, 7) is 15.4. The average Bonchev–Trinajstić information content (AvgIpc) is 2.72. The molecule has 0 aliphatic carbocycles. The van der Waals surface area contributed by atoms with E-state index in [9.17, 15) is 4.79 Å². The number of carbonyl (C=O) groups excluding carboxylic acids is 1. The van der Waals surface area contributed by atoms with Gasteiger partial charge in [0.1, 0.15) is 5.60 Å². The fourth-order valence-electron chi connectivity index (χ4n) is 3.29. The van der Waals surface area contributed by atoms with Gasteiger partial charge in [-0.05, 0) is 40.2 Å². The topological polar surface area (TPSA) is 87.2 Å². The van der Waals surface area contributed by atoms with Gasteiger partial charge in [0.15, 0.2) is 5.96 Å². The highest BCUT2D eigenvalue weighted by Crippen LogP contribution is 2.22. The molecule has 1 unspecified atom stereocenters. The molecule has 0 saturated carbocycles. The summed E-state index contributed by atoms with van der Waals surface area (Å²) in [5, 5.41) is 9.32. The molecule has 1 amide bonds. The number of halogens is 1. The number of alkyl carbamates (subject to hydrolysis) is 1. The van der Waals surface area contributed by atoms with E-state index in [0.29, 0.717) is 19.6 Å². The zero-order valence-electron chi connectivity index (χ0n) is 20.1. The Labute approximate surface area is 209 Å². The Morgan fingerprint density at radius 3 is 2.34 bits per heavy atom. The molecule has 1 saturated heterocycles. The molecule has 2 rings (SSSR count). The highest BCUT2D eigenvalue weighted by atomic mass is 127. The van der Waals surface area contributed by atoms with Crippen LogP contribution < -0.4 is 16.0 Å². The van der Waals surface area contributed by atoms with E-state index in [0.717, 1.165) is 38.8 Å². The van der Waals surface area contributed by atoms with Gasteiger partial charge in [0.2, 0.25) is 0 Å². The smallest absolute Gasteiger partial charge is 0.407 e. The summed E-state index contributed by atoms with van der Waals surface area (Å²) >= 11 is 0. The zero-order chi connectivity index (χ0) is 22.7. The van der Waals surface area contributed by atoms with Gasteiger partial charge in [-0.2, -0.15) is 0 Å². The number of aryl methyl sites for hydroxylation is 1. The van der Waals surface area contributed by atoms with E-state index < -0.39 is 11.7 Å². The van der Waals surface area contributed by atoms with Crippen LogP contribution in [0, 0.1) is 6.92 Å². The van der Waals surface area contributed by atoms with Gasteiger partial charge in [0, 0.05) is 32.7 Å². The molecular weight excluding hydrogens is 521 g/mol. The van der Waals surface area contributed by atoms with Crippen molar-refractivity contribution in [3.8, 4) is 0 Å². The average molecular weight is 562 g/mol. The van der Waals surface area contributed by atoms with Crippen LogP contribution >= 0.6 is 24.0 Å². The lowest BCUT2D eigenvalue weighted by Crippen LogP contribution is -2.43. The Kier molecular flexibility index (Phi) is 12.9. The number of hydrogen-bond acceptors (Lipinski definition) is 5. The number of ether oxygens (including phenoxy) is 2. The first-order valence-electron chi connectivity index (χ1n) is 11.2. The Morgan fingerprint density at radius 1 is 1.12 bits per heavy atom. The third kappa shape index (κ3) is 10.8. The van der Waals surface area contributed by atoms with Crippen molar-refractivity contribution in [2.45, 2.75) is 46.3 Å². The van der Waals surface area contributed by atoms with Crippen molar-refractivity contribution < 1.29 is 14.3 Å². The molecule has 0 spiro atoms. The molecule has 1 aromatic rings. The normalized spacial score (nSPS) is 16.0. The van der Waals surface area contributed by atoms with E-state index in [1.165, 1.54) is 11.1 Å². The lowest BCUT2D eigenvalue weighted by molar-refractivity contribution is 0.0179. The highest BCUT2D eigenvalue weighted by molar-refractivity contribution is 14.0. The molecule has 9 heteroatoms. The fraction of sp³-hybridized carbons (Fsp3) is 0.652. The second-order valence-electron chi connectivity index (χ2n) is 8.65. The first-order chi connectivity index (χ1) is 14.8. The summed E-state index contributed by atoms with van der Waals surface area (Å²) in [6.07, 6.45) is -0.414. The van der Waals surface area contributed by atoms with Crippen LogP contribution in [0.25, 0.3) is 0 Å². The molecule has 8 nitrogen and oxygen atoms in total. The van der Waals surface area contributed by atoms with E-state index in [4.69, 9.17) is 14.5 Å². The van der Waals surface area contributed by atoms with E-state index >= 15 is 0 Å². The number of morpholine rings is 1. The Bertz CT molecular complexity index is 701. The largest absolute Gasteiger partial charge is 0.444 e. The number of nitrogens with zero attached hydrogens (tertiary/aromatic N) is 2. The second-order valence-corrected chi connectivity index (χ2v) is 8.65. The molecule has 1 fully saturated rings. The standard InChI is InChI=1S/C23H39N5O3.HI/c1-6-24-21(25-11-12-26-22(29)31-23(3,4)5)27-17-20(28-13-15-30-16-14-28)19-9-7-18(2)8-10-19;/h7-10,20H,6,11-17H2,1-5H3,(H,26,29)(H2,24,25,27);1H. The van der Waals surface area contributed by atoms with Crippen molar-refractivity contribution in [3.63, 3.8) is 0 Å². The predicted molar refractivity (Wildman–Crippen MR) is 140 cm³/mol. The van der Waals surface area contributed by atoms with Crippen molar-refractivity contribution in [2.75, 3.05) is 52.5 Å². The van der Waals surface area contributed by atoms with E-state index in [-0.39, 0.29) is 30.0 Å². The minimum Gasteiger partial charge on any atom is -0.444 e. The summed E-state index contributed by atoms with van der Waals surface area (Å²) in [5.74, 6) is 0.735. The third-order valence-electron chi connectivity index (χ3n) is 4.80. The molecule has 182 valence electrons. The summed E-state index contributed by atoms with van der Waals surface area (Å²) in [4.78, 5) is 19.0. The van der Waals surface area contributed by atoms with Crippen LogP contribution in [-0.4, -0.2) is 75.0 Å². The van der Waals surface area contributed by atoms with Gasteiger partial charge in [-0.25, -0.2) is 4.79 Å². The van der Waals surface area contributed by atoms with Gasteiger partial charge in [-0.3, -0.25) is 9.89 Å². The van der Waals surface area contributed by atoms with Gasteiger partial charge in [-0.1, -0.05) is 29.8 Å². The number of amides is 1.